The number of rotatable bonds is 8. The molecule has 0 aromatic carbocycles. The third kappa shape index (κ3) is 7.07. The Labute approximate surface area is 147 Å². The van der Waals surface area contributed by atoms with Gasteiger partial charge in [0.1, 0.15) is 6.54 Å². The first kappa shape index (κ1) is 20.7. The van der Waals surface area contributed by atoms with E-state index >= 15 is 0 Å². The van der Waals surface area contributed by atoms with Crippen LogP contribution in [0.15, 0.2) is 4.99 Å². The molecule has 1 aliphatic rings. The van der Waals surface area contributed by atoms with Crippen molar-refractivity contribution in [2.45, 2.75) is 65.0 Å². The number of amides is 1. The molecular formula is C18H36N4O2. The minimum atomic E-state index is 0.00878. The second kappa shape index (κ2) is 11.3. The molecule has 2 unspecified atom stereocenters. The quantitative estimate of drug-likeness (QED) is 0.524. The lowest BCUT2D eigenvalue weighted by Gasteiger charge is -2.35. The van der Waals surface area contributed by atoms with Crippen molar-refractivity contribution in [3.05, 3.63) is 0 Å². The number of aliphatic imine (C=N–C) groups is 1. The Balaban J connectivity index is 2.64. The molecule has 1 heterocycles. The second-order valence-electron chi connectivity index (χ2n) is 6.73. The molecule has 0 saturated carbocycles. The number of nitrogens with zero attached hydrogens (tertiary/aromatic N) is 2. The molecule has 0 bridgehead atoms. The fourth-order valence-corrected chi connectivity index (χ4v) is 2.98. The Morgan fingerprint density at radius 2 is 2.00 bits per heavy atom. The van der Waals surface area contributed by atoms with Crippen LogP contribution >= 0.6 is 0 Å². The zero-order chi connectivity index (χ0) is 17.9. The molecule has 2 N–H and O–H groups in total. The molecule has 0 radical (unpaired) electrons. The van der Waals surface area contributed by atoms with Gasteiger partial charge in [-0.1, -0.05) is 33.6 Å². The topological polar surface area (TPSA) is 66.0 Å². The van der Waals surface area contributed by atoms with Crippen LogP contribution in [0.1, 0.15) is 52.9 Å². The summed E-state index contributed by atoms with van der Waals surface area (Å²) in [5.74, 6) is 1.37. The maximum absolute atomic E-state index is 11.8. The lowest BCUT2D eigenvalue weighted by atomic mass is 9.89. The van der Waals surface area contributed by atoms with E-state index in [4.69, 9.17) is 4.74 Å². The molecule has 24 heavy (non-hydrogen) atoms. The Morgan fingerprint density at radius 3 is 2.58 bits per heavy atom. The van der Waals surface area contributed by atoms with Gasteiger partial charge in [0.15, 0.2) is 5.96 Å². The van der Waals surface area contributed by atoms with Gasteiger partial charge in [0.25, 0.3) is 0 Å². The summed E-state index contributed by atoms with van der Waals surface area (Å²) in [5.41, 5.74) is 0. The van der Waals surface area contributed by atoms with Gasteiger partial charge in [-0.25, -0.2) is 4.99 Å². The SMILES string of the molecule is CCCNC(=NCC(=O)N(C)C)NC1CCOC(C(CC)CC)C1. The first-order valence-corrected chi connectivity index (χ1v) is 9.38. The highest BCUT2D eigenvalue weighted by molar-refractivity contribution is 5.84. The van der Waals surface area contributed by atoms with Gasteiger partial charge >= 0.3 is 0 Å². The second-order valence-corrected chi connectivity index (χ2v) is 6.73. The summed E-state index contributed by atoms with van der Waals surface area (Å²) in [6.45, 7) is 8.39. The summed E-state index contributed by atoms with van der Waals surface area (Å²) in [7, 11) is 3.51. The normalized spacial score (nSPS) is 21.7. The highest BCUT2D eigenvalue weighted by Crippen LogP contribution is 2.25. The standard InChI is InChI=1S/C18H36N4O2/c1-6-10-19-18(20-13-17(23)22(4)5)21-15-9-11-24-16(12-15)14(7-2)8-3/h14-16H,6-13H2,1-5H3,(H2,19,20,21). The number of guanidine groups is 1. The molecule has 2 atom stereocenters. The molecule has 0 aromatic rings. The average molecular weight is 341 g/mol. The fourth-order valence-electron chi connectivity index (χ4n) is 2.98. The number of ether oxygens (including phenoxy) is 1. The average Bonchev–Trinajstić information content (AvgIpc) is 2.58. The third-order valence-electron chi connectivity index (χ3n) is 4.64. The molecule has 1 aliphatic heterocycles. The Morgan fingerprint density at radius 1 is 1.29 bits per heavy atom. The number of carbonyl (C=O) groups excluding carboxylic acids is 1. The van der Waals surface area contributed by atoms with E-state index in [9.17, 15) is 4.79 Å². The molecule has 0 aliphatic carbocycles. The van der Waals surface area contributed by atoms with E-state index in [1.165, 1.54) is 0 Å². The van der Waals surface area contributed by atoms with Crippen LogP contribution in [0.4, 0.5) is 0 Å². The Hall–Kier alpha value is -1.30. The summed E-state index contributed by atoms with van der Waals surface area (Å²) in [4.78, 5) is 17.8. The zero-order valence-corrected chi connectivity index (χ0v) is 16.1. The van der Waals surface area contributed by atoms with Crippen LogP contribution in [-0.4, -0.2) is 62.7 Å². The van der Waals surface area contributed by atoms with Crippen LogP contribution in [-0.2, 0) is 9.53 Å². The molecule has 6 nitrogen and oxygen atoms in total. The molecule has 6 heteroatoms. The number of hydrogen-bond donors (Lipinski definition) is 2. The van der Waals surface area contributed by atoms with Crippen molar-refractivity contribution in [3.8, 4) is 0 Å². The third-order valence-corrected chi connectivity index (χ3v) is 4.64. The van der Waals surface area contributed by atoms with Gasteiger partial charge in [-0.2, -0.15) is 0 Å². The Kier molecular flexibility index (Phi) is 9.76. The predicted molar refractivity (Wildman–Crippen MR) is 99.3 cm³/mol. The predicted octanol–water partition coefficient (Wildman–Crippen LogP) is 2.00. The van der Waals surface area contributed by atoms with Crippen LogP contribution in [0.25, 0.3) is 0 Å². The van der Waals surface area contributed by atoms with Crippen LogP contribution in [0.5, 0.6) is 0 Å². The van der Waals surface area contributed by atoms with Gasteiger partial charge in [-0.3, -0.25) is 4.79 Å². The lowest BCUT2D eigenvalue weighted by Crippen LogP contribution is -2.48. The van der Waals surface area contributed by atoms with Crippen molar-refractivity contribution in [2.75, 3.05) is 33.8 Å². The fraction of sp³-hybridized carbons (Fsp3) is 0.889. The van der Waals surface area contributed by atoms with Gasteiger partial charge in [0.2, 0.25) is 5.91 Å². The minimum absolute atomic E-state index is 0.00878. The maximum atomic E-state index is 11.8. The van der Waals surface area contributed by atoms with E-state index in [0.29, 0.717) is 18.1 Å². The smallest absolute Gasteiger partial charge is 0.243 e. The number of nitrogens with one attached hydrogen (secondary N) is 2. The van der Waals surface area contributed by atoms with E-state index in [-0.39, 0.29) is 12.5 Å². The highest BCUT2D eigenvalue weighted by Gasteiger charge is 2.28. The molecule has 1 saturated heterocycles. The van der Waals surface area contributed by atoms with E-state index in [2.05, 4.69) is 36.4 Å². The molecule has 0 spiro atoms. The first-order chi connectivity index (χ1) is 11.5. The van der Waals surface area contributed by atoms with E-state index in [0.717, 1.165) is 51.2 Å². The molecule has 140 valence electrons. The van der Waals surface area contributed by atoms with E-state index in [1.54, 1.807) is 19.0 Å². The molecule has 1 amide bonds. The van der Waals surface area contributed by atoms with Crippen LogP contribution in [0.3, 0.4) is 0 Å². The van der Waals surface area contributed by atoms with Crippen molar-refractivity contribution < 1.29 is 9.53 Å². The lowest BCUT2D eigenvalue weighted by molar-refractivity contribution is -0.127. The summed E-state index contributed by atoms with van der Waals surface area (Å²) in [6.07, 6.45) is 5.63. The summed E-state index contributed by atoms with van der Waals surface area (Å²) in [5, 5.41) is 6.82. The number of carbonyl (C=O) groups is 1. The van der Waals surface area contributed by atoms with Crippen LogP contribution in [0.2, 0.25) is 0 Å². The van der Waals surface area contributed by atoms with Crippen LogP contribution in [0, 0.1) is 5.92 Å². The molecule has 1 fully saturated rings. The summed E-state index contributed by atoms with van der Waals surface area (Å²) >= 11 is 0. The maximum Gasteiger partial charge on any atom is 0.243 e. The summed E-state index contributed by atoms with van der Waals surface area (Å²) < 4.78 is 5.98. The zero-order valence-electron chi connectivity index (χ0n) is 16.1. The largest absolute Gasteiger partial charge is 0.378 e. The van der Waals surface area contributed by atoms with Crippen LogP contribution < -0.4 is 10.6 Å². The number of likely N-dealkylation sites (N-methyl/N-ethyl adjacent to an activating group) is 1. The molecule has 0 aromatic heterocycles. The molecule has 1 rings (SSSR count). The van der Waals surface area contributed by atoms with Crippen molar-refractivity contribution >= 4 is 11.9 Å². The van der Waals surface area contributed by atoms with Gasteiger partial charge in [-0.15, -0.1) is 0 Å². The van der Waals surface area contributed by atoms with Gasteiger partial charge < -0.3 is 20.3 Å². The van der Waals surface area contributed by atoms with E-state index < -0.39 is 0 Å². The molecular weight excluding hydrogens is 304 g/mol. The van der Waals surface area contributed by atoms with Crippen molar-refractivity contribution in [3.63, 3.8) is 0 Å². The number of hydrogen-bond acceptors (Lipinski definition) is 3. The van der Waals surface area contributed by atoms with E-state index in [1.807, 2.05) is 0 Å². The van der Waals surface area contributed by atoms with Gasteiger partial charge in [-0.05, 0) is 25.2 Å². The van der Waals surface area contributed by atoms with Gasteiger partial charge in [0, 0.05) is 33.3 Å². The minimum Gasteiger partial charge on any atom is -0.378 e. The van der Waals surface area contributed by atoms with Crippen molar-refractivity contribution in [1.82, 2.24) is 15.5 Å². The highest BCUT2D eigenvalue weighted by atomic mass is 16.5. The van der Waals surface area contributed by atoms with Crippen molar-refractivity contribution in [1.29, 1.82) is 0 Å². The summed E-state index contributed by atoms with van der Waals surface area (Å²) in [6, 6.07) is 0.349. The van der Waals surface area contributed by atoms with Gasteiger partial charge in [0.05, 0.1) is 6.10 Å². The first-order valence-electron chi connectivity index (χ1n) is 9.38. The Bertz CT molecular complexity index is 394. The monoisotopic (exact) mass is 340 g/mol. The van der Waals surface area contributed by atoms with Crippen molar-refractivity contribution in [2.24, 2.45) is 10.9 Å².